The van der Waals surface area contributed by atoms with Gasteiger partial charge in [0.25, 0.3) is 0 Å². The number of fused-ring (bicyclic) bond motifs is 1. The first-order chi connectivity index (χ1) is 13.2. The van der Waals surface area contributed by atoms with Crippen LogP contribution in [-0.4, -0.2) is 55.1 Å². The maximum Gasteiger partial charge on any atom is 0.412 e. The number of hydrogen-bond acceptors (Lipinski definition) is 8. The molecule has 0 radical (unpaired) electrons. The van der Waals surface area contributed by atoms with Gasteiger partial charge < -0.3 is 35.3 Å². The van der Waals surface area contributed by atoms with Gasteiger partial charge in [-0.1, -0.05) is 6.07 Å². The Bertz CT molecular complexity index is 740. The van der Waals surface area contributed by atoms with Gasteiger partial charge in [-0.25, -0.2) is 4.79 Å². The summed E-state index contributed by atoms with van der Waals surface area (Å²) in [5.41, 5.74) is 11.4. The minimum absolute atomic E-state index is 0.195. The molecule has 0 saturated carbocycles. The van der Waals surface area contributed by atoms with Crippen LogP contribution in [0.5, 0.6) is 11.5 Å². The van der Waals surface area contributed by atoms with Crippen LogP contribution in [0.4, 0.5) is 4.79 Å². The zero-order valence-electron chi connectivity index (χ0n) is 16.0. The highest BCUT2D eigenvalue weighted by atomic mass is 16.7. The minimum atomic E-state index is -1.21. The Morgan fingerprint density at radius 2 is 1.86 bits per heavy atom. The Hall–Kier alpha value is -3.01. The van der Waals surface area contributed by atoms with Crippen LogP contribution < -0.4 is 20.9 Å². The lowest BCUT2D eigenvalue weighted by atomic mass is 10.1. The standard InChI is InChI=1S/C18H25N3O7/c1-10(6-12-4-5-14-15(7-12)26-9-25-14)21(3)18(24)28-11(2)27-17(23)13(19)8-16(20)22/h4-5,7,10-11,13H,6,8-9,19H2,1-3H3,(H2,20,22). The number of carbonyl (C=O) groups is 3. The molecule has 10 nitrogen and oxygen atoms in total. The predicted molar refractivity (Wildman–Crippen MR) is 97.3 cm³/mol. The van der Waals surface area contributed by atoms with Gasteiger partial charge in [0.1, 0.15) is 6.04 Å². The monoisotopic (exact) mass is 395 g/mol. The lowest BCUT2D eigenvalue weighted by Gasteiger charge is -2.26. The zero-order chi connectivity index (χ0) is 20.8. The van der Waals surface area contributed by atoms with Crippen molar-refractivity contribution in [2.24, 2.45) is 11.5 Å². The average Bonchev–Trinajstić information content (AvgIpc) is 3.07. The van der Waals surface area contributed by atoms with E-state index in [2.05, 4.69) is 0 Å². The Balaban J connectivity index is 1.83. The van der Waals surface area contributed by atoms with Gasteiger partial charge in [0, 0.05) is 20.0 Å². The molecule has 2 amide bonds. The van der Waals surface area contributed by atoms with Crippen LogP contribution in [0.25, 0.3) is 0 Å². The van der Waals surface area contributed by atoms with Gasteiger partial charge >= 0.3 is 12.1 Å². The summed E-state index contributed by atoms with van der Waals surface area (Å²) >= 11 is 0. The average molecular weight is 395 g/mol. The summed E-state index contributed by atoms with van der Waals surface area (Å²) < 4.78 is 20.6. The number of primary amides is 1. The first kappa shape index (κ1) is 21.3. The van der Waals surface area contributed by atoms with Crippen molar-refractivity contribution in [3.05, 3.63) is 23.8 Å². The van der Waals surface area contributed by atoms with Crippen molar-refractivity contribution in [2.45, 2.75) is 45.1 Å². The Morgan fingerprint density at radius 3 is 2.54 bits per heavy atom. The van der Waals surface area contributed by atoms with Gasteiger partial charge in [-0.2, -0.15) is 0 Å². The van der Waals surface area contributed by atoms with E-state index in [4.69, 9.17) is 30.4 Å². The van der Waals surface area contributed by atoms with Gasteiger partial charge in [-0.3, -0.25) is 9.59 Å². The fourth-order valence-electron chi connectivity index (χ4n) is 2.53. The van der Waals surface area contributed by atoms with E-state index >= 15 is 0 Å². The summed E-state index contributed by atoms with van der Waals surface area (Å²) in [4.78, 5) is 36.2. The van der Waals surface area contributed by atoms with Crippen LogP contribution in [0.1, 0.15) is 25.8 Å². The molecule has 28 heavy (non-hydrogen) atoms. The number of ether oxygens (including phenoxy) is 4. The fourth-order valence-corrected chi connectivity index (χ4v) is 2.53. The number of nitrogens with zero attached hydrogens (tertiary/aromatic N) is 1. The van der Waals surface area contributed by atoms with Crippen molar-refractivity contribution >= 4 is 18.0 Å². The molecule has 1 aromatic carbocycles. The summed E-state index contributed by atoms with van der Waals surface area (Å²) in [6, 6.07) is 4.17. The smallest absolute Gasteiger partial charge is 0.412 e. The second-order valence-corrected chi connectivity index (χ2v) is 6.52. The van der Waals surface area contributed by atoms with Crippen molar-refractivity contribution in [1.29, 1.82) is 0 Å². The Morgan fingerprint density at radius 1 is 1.18 bits per heavy atom. The molecule has 1 heterocycles. The molecular weight excluding hydrogens is 370 g/mol. The van der Waals surface area contributed by atoms with Crippen LogP contribution >= 0.6 is 0 Å². The Labute approximate surface area is 162 Å². The number of carbonyl (C=O) groups excluding carboxylic acids is 3. The van der Waals surface area contributed by atoms with Gasteiger partial charge in [0.05, 0.1) is 6.42 Å². The quantitative estimate of drug-likeness (QED) is 0.478. The summed E-state index contributed by atoms with van der Waals surface area (Å²) in [7, 11) is 1.58. The molecule has 154 valence electrons. The molecule has 10 heteroatoms. The molecule has 3 atom stereocenters. The van der Waals surface area contributed by atoms with E-state index in [1.165, 1.54) is 11.8 Å². The van der Waals surface area contributed by atoms with E-state index in [1.54, 1.807) is 7.05 Å². The second-order valence-electron chi connectivity index (χ2n) is 6.52. The maximum atomic E-state index is 12.3. The van der Waals surface area contributed by atoms with Crippen molar-refractivity contribution < 1.29 is 33.3 Å². The third kappa shape index (κ3) is 5.74. The highest BCUT2D eigenvalue weighted by Gasteiger charge is 2.25. The van der Waals surface area contributed by atoms with E-state index in [9.17, 15) is 14.4 Å². The number of esters is 1. The SMILES string of the molecule is CC(OC(=O)C(N)CC(N)=O)OC(=O)N(C)C(C)Cc1ccc2c(c1)OCO2. The lowest BCUT2D eigenvalue weighted by molar-refractivity contribution is -0.168. The molecule has 0 fully saturated rings. The normalized spacial score (nSPS) is 15.3. The minimum Gasteiger partial charge on any atom is -0.454 e. The molecule has 1 aromatic rings. The Kier molecular flexibility index (Phi) is 7.05. The number of rotatable bonds is 8. The van der Waals surface area contributed by atoms with Gasteiger partial charge in [0.15, 0.2) is 11.5 Å². The van der Waals surface area contributed by atoms with Crippen molar-refractivity contribution in [2.75, 3.05) is 13.8 Å². The number of nitrogens with two attached hydrogens (primary N) is 2. The summed E-state index contributed by atoms with van der Waals surface area (Å²) in [5, 5.41) is 0. The number of hydrogen-bond donors (Lipinski definition) is 2. The molecule has 2 rings (SSSR count). The highest BCUT2D eigenvalue weighted by molar-refractivity contribution is 5.84. The van der Waals surface area contributed by atoms with Crippen LogP contribution in [-0.2, 0) is 25.5 Å². The lowest BCUT2D eigenvalue weighted by Crippen LogP contribution is -2.41. The van der Waals surface area contributed by atoms with Gasteiger partial charge in [-0.15, -0.1) is 0 Å². The topological polar surface area (TPSA) is 143 Å². The molecule has 4 N–H and O–H groups in total. The molecule has 1 aliphatic rings. The number of benzene rings is 1. The van der Waals surface area contributed by atoms with E-state index in [0.717, 1.165) is 5.56 Å². The fraction of sp³-hybridized carbons (Fsp3) is 0.500. The van der Waals surface area contributed by atoms with Crippen LogP contribution in [0.15, 0.2) is 18.2 Å². The van der Waals surface area contributed by atoms with Crippen molar-refractivity contribution in [3.63, 3.8) is 0 Å². The summed E-state index contributed by atoms with van der Waals surface area (Å²) in [5.74, 6) is -0.251. The van der Waals surface area contributed by atoms with Gasteiger partial charge in [-0.05, 0) is 31.0 Å². The molecule has 1 aliphatic heterocycles. The van der Waals surface area contributed by atoms with Gasteiger partial charge in [0.2, 0.25) is 19.0 Å². The van der Waals surface area contributed by atoms with E-state index in [-0.39, 0.29) is 19.3 Å². The molecular formula is C18H25N3O7. The third-order valence-corrected chi connectivity index (χ3v) is 4.19. The predicted octanol–water partition coefficient (Wildman–Crippen LogP) is 0.507. The van der Waals surface area contributed by atoms with Crippen molar-refractivity contribution in [3.8, 4) is 11.5 Å². The molecule has 0 spiro atoms. The van der Waals surface area contributed by atoms with Crippen LogP contribution in [0.3, 0.4) is 0 Å². The van der Waals surface area contributed by atoms with E-state index in [0.29, 0.717) is 17.9 Å². The maximum absolute atomic E-state index is 12.3. The van der Waals surface area contributed by atoms with E-state index < -0.39 is 30.3 Å². The van der Waals surface area contributed by atoms with Crippen LogP contribution in [0.2, 0.25) is 0 Å². The first-order valence-corrected chi connectivity index (χ1v) is 8.73. The largest absolute Gasteiger partial charge is 0.454 e. The molecule has 0 saturated heterocycles. The molecule has 0 aliphatic carbocycles. The number of likely N-dealkylation sites (N-methyl/N-ethyl adjacent to an activating group) is 1. The molecule has 3 unspecified atom stereocenters. The summed E-state index contributed by atoms with van der Waals surface area (Å²) in [6.45, 7) is 3.43. The molecule has 0 bridgehead atoms. The summed E-state index contributed by atoms with van der Waals surface area (Å²) in [6.07, 6.45) is -1.64. The third-order valence-electron chi connectivity index (χ3n) is 4.19. The number of amides is 2. The molecule has 0 aromatic heterocycles. The van der Waals surface area contributed by atoms with Crippen molar-refractivity contribution in [1.82, 2.24) is 4.90 Å². The zero-order valence-corrected chi connectivity index (χ0v) is 16.0. The van der Waals surface area contributed by atoms with Crippen LogP contribution in [0, 0.1) is 0 Å². The van der Waals surface area contributed by atoms with E-state index in [1.807, 2.05) is 25.1 Å². The second kappa shape index (κ2) is 9.27. The highest BCUT2D eigenvalue weighted by Crippen LogP contribution is 2.32. The first-order valence-electron chi connectivity index (χ1n) is 8.73.